The summed E-state index contributed by atoms with van der Waals surface area (Å²) < 4.78 is 25.7. The van der Waals surface area contributed by atoms with Crippen molar-refractivity contribution < 1.29 is 18.7 Å². The Morgan fingerprint density at radius 2 is 1.77 bits per heavy atom. The van der Waals surface area contributed by atoms with Gasteiger partial charge in [-0.25, -0.2) is 13.6 Å². The standard InChI is InChI=1S/C9H8F2O2/c10-7(8(11)9(12)13)6-4-2-1-3-5-6/h1-5,7-8H,(H,12,13). The fourth-order valence-corrected chi connectivity index (χ4v) is 0.931. The van der Waals surface area contributed by atoms with Crippen LogP contribution in [0.4, 0.5) is 8.78 Å². The second-order valence-corrected chi connectivity index (χ2v) is 2.55. The van der Waals surface area contributed by atoms with Gasteiger partial charge in [0.25, 0.3) is 0 Å². The van der Waals surface area contributed by atoms with E-state index >= 15 is 0 Å². The zero-order chi connectivity index (χ0) is 9.84. The van der Waals surface area contributed by atoms with Crippen molar-refractivity contribution in [1.82, 2.24) is 0 Å². The summed E-state index contributed by atoms with van der Waals surface area (Å²) in [6.07, 6.45) is -4.60. The minimum atomic E-state index is -2.50. The van der Waals surface area contributed by atoms with Gasteiger partial charge < -0.3 is 5.11 Å². The summed E-state index contributed by atoms with van der Waals surface area (Å²) in [5, 5.41) is 8.20. The average molecular weight is 186 g/mol. The van der Waals surface area contributed by atoms with Crippen LogP contribution in [0.3, 0.4) is 0 Å². The highest BCUT2D eigenvalue weighted by molar-refractivity contribution is 5.73. The van der Waals surface area contributed by atoms with E-state index in [9.17, 15) is 13.6 Å². The fourth-order valence-electron chi connectivity index (χ4n) is 0.931. The lowest BCUT2D eigenvalue weighted by Crippen LogP contribution is -2.20. The predicted octanol–water partition coefficient (Wildman–Crippen LogP) is 2.12. The Bertz CT molecular complexity index is 287. The topological polar surface area (TPSA) is 37.3 Å². The molecule has 0 aliphatic carbocycles. The summed E-state index contributed by atoms with van der Waals surface area (Å²) in [6.45, 7) is 0. The maximum absolute atomic E-state index is 13.0. The Hall–Kier alpha value is -1.45. The molecular weight excluding hydrogens is 178 g/mol. The van der Waals surface area contributed by atoms with Gasteiger partial charge in [0.05, 0.1) is 0 Å². The van der Waals surface area contributed by atoms with E-state index in [2.05, 4.69) is 0 Å². The van der Waals surface area contributed by atoms with E-state index in [1.54, 1.807) is 6.07 Å². The van der Waals surface area contributed by atoms with Gasteiger partial charge in [0, 0.05) is 0 Å². The Balaban J connectivity index is 2.79. The number of halogens is 2. The Kier molecular flexibility index (Phi) is 2.95. The summed E-state index contributed by atoms with van der Waals surface area (Å²) in [7, 11) is 0. The summed E-state index contributed by atoms with van der Waals surface area (Å²) in [4.78, 5) is 10.1. The van der Waals surface area contributed by atoms with Crippen LogP contribution in [-0.2, 0) is 4.79 Å². The number of hydrogen-bond donors (Lipinski definition) is 1. The van der Waals surface area contributed by atoms with Gasteiger partial charge >= 0.3 is 5.97 Å². The molecule has 0 radical (unpaired) electrons. The molecule has 13 heavy (non-hydrogen) atoms. The smallest absolute Gasteiger partial charge is 0.341 e. The number of rotatable bonds is 3. The molecule has 0 fully saturated rings. The van der Waals surface area contributed by atoms with Crippen molar-refractivity contribution in [2.24, 2.45) is 0 Å². The van der Waals surface area contributed by atoms with Gasteiger partial charge in [-0.15, -0.1) is 0 Å². The molecule has 2 atom stereocenters. The third kappa shape index (κ3) is 2.24. The van der Waals surface area contributed by atoms with Crippen molar-refractivity contribution in [3.8, 4) is 0 Å². The van der Waals surface area contributed by atoms with E-state index in [0.29, 0.717) is 0 Å². The molecular formula is C9H8F2O2. The normalized spacial score (nSPS) is 14.9. The highest BCUT2D eigenvalue weighted by Crippen LogP contribution is 2.23. The van der Waals surface area contributed by atoms with Gasteiger partial charge in [0.2, 0.25) is 6.17 Å². The number of carboxylic acid groups (broad SMARTS) is 1. The fraction of sp³-hybridized carbons (Fsp3) is 0.222. The second kappa shape index (κ2) is 3.98. The molecule has 1 N–H and O–H groups in total. The van der Waals surface area contributed by atoms with E-state index in [-0.39, 0.29) is 5.56 Å². The molecule has 1 aromatic carbocycles. The van der Waals surface area contributed by atoms with Gasteiger partial charge in [0.15, 0.2) is 6.17 Å². The van der Waals surface area contributed by atoms with Gasteiger partial charge in [-0.1, -0.05) is 30.3 Å². The van der Waals surface area contributed by atoms with Crippen LogP contribution in [-0.4, -0.2) is 17.2 Å². The minimum absolute atomic E-state index is 0.0393. The van der Waals surface area contributed by atoms with Crippen molar-refractivity contribution in [3.63, 3.8) is 0 Å². The SMILES string of the molecule is O=C(O)C(F)C(F)c1ccccc1. The highest BCUT2D eigenvalue weighted by atomic mass is 19.2. The number of carbonyl (C=O) groups is 1. The zero-order valence-corrected chi connectivity index (χ0v) is 6.65. The van der Waals surface area contributed by atoms with Gasteiger partial charge in [-0.3, -0.25) is 0 Å². The largest absolute Gasteiger partial charge is 0.479 e. The average Bonchev–Trinajstić information content (AvgIpc) is 2.17. The highest BCUT2D eigenvalue weighted by Gasteiger charge is 2.28. The van der Waals surface area contributed by atoms with Gasteiger partial charge in [-0.2, -0.15) is 0 Å². The second-order valence-electron chi connectivity index (χ2n) is 2.55. The molecule has 1 aromatic rings. The van der Waals surface area contributed by atoms with Crippen LogP contribution in [0.5, 0.6) is 0 Å². The van der Waals surface area contributed by atoms with Crippen molar-refractivity contribution in [2.45, 2.75) is 12.3 Å². The first-order chi connectivity index (χ1) is 6.13. The molecule has 1 rings (SSSR count). The first-order valence-corrected chi connectivity index (χ1v) is 3.69. The number of carboxylic acids is 1. The molecule has 0 aromatic heterocycles. The number of alkyl halides is 2. The summed E-state index contributed by atoms with van der Waals surface area (Å²) in [6, 6.07) is 7.39. The Morgan fingerprint density at radius 1 is 1.23 bits per heavy atom. The molecule has 2 unspecified atom stereocenters. The molecule has 0 saturated carbocycles. The lowest BCUT2D eigenvalue weighted by atomic mass is 10.1. The van der Waals surface area contributed by atoms with Crippen LogP contribution in [0.1, 0.15) is 11.7 Å². The molecule has 0 bridgehead atoms. The summed E-state index contributed by atoms with van der Waals surface area (Å²) in [5.74, 6) is -1.78. The third-order valence-corrected chi connectivity index (χ3v) is 1.61. The van der Waals surface area contributed by atoms with Crippen LogP contribution >= 0.6 is 0 Å². The molecule has 0 saturated heterocycles. The Labute approximate surface area is 73.8 Å². The number of aliphatic carboxylic acids is 1. The first kappa shape index (κ1) is 9.64. The molecule has 0 spiro atoms. The van der Waals surface area contributed by atoms with Crippen molar-refractivity contribution >= 4 is 5.97 Å². The molecule has 0 aliphatic rings. The first-order valence-electron chi connectivity index (χ1n) is 3.69. The van der Waals surface area contributed by atoms with Crippen molar-refractivity contribution in [2.75, 3.05) is 0 Å². The van der Waals surface area contributed by atoms with E-state index in [1.807, 2.05) is 0 Å². The van der Waals surface area contributed by atoms with Crippen LogP contribution in [0.2, 0.25) is 0 Å². The van der Waals surface area contributed by atoms with Gasteiger partial charge in [-0.05, 0) is 5.56 Å². The quantitative estimate of drug-likeness (QED) is 0.784. The number of benzene rings is 1. The zero-order valence-electron chi connectivity index (χ0n) is 6.65. The maximum atomic E-state index is 13.0. The Morgan fingerprint density at radius 3 is 2.23 bits per heavy atom. The maximum Gasteiger partial charge on any atom is 0.341 e. The summed E-state index contributed by atoms with van der Waals surface area (Å²) in [5.41, 5.74) is 0.0393. The van der Waals surface area contributed by atoms with Crippen molar-refractivity contribution in [3.05, 3.63) is 35.9 Å². The monoisotopic (exact) mass is 186 g/mol. The van der Waals surface area contributed by atoms with Crippen LogP contribution in [0, 0.1) is 0 Å². The van der Waals surface area contributed by atoms with Crippen LogP contribution in [0.15, 0.2) is 30.3 Å². The van der Waals surface area contributed by atoms with E-state index in [4.69, 9.17) is 5.11 Å². The van der Waals surface area contributed by atoms with Crippen molar-refractivity contribution in [1.29, 1.82) is 0 Å². The molecule has 2 nitrogen and oxygen atoms in total. The van der Waals surface area contributed by atoms with Gasteiger partial charge in [0.1, 0.15) is 0 Å². The molecule has 0 heterocycles. The van der Waals surface area contributed by atoms with Crippen LogP contribution in [0.25, 0.3) is 0 Å². The van der Waals surface area contributed by atoms with E-state index in [1.165, 1.54) is 24.3 Å². The molecule has 0 aliphatic heterocycles. The minimum Gasteiger partial charge on any atom is -0.479 e. The molecule has 70 valence electrons. The summed E-state index contributed by atoms with van der Waals surface area (Å²) >= 11 is 0. The number of hydrogen-bond acceptors (Lipinski definition) is 1. The van der Waals surface area contributed by atoms with E-state index in [0.717, 1.165) is 0 Å². The predicted molar refractivity (Wildman–Crippen MR) is 42.8 cm³/mol. The van der Waals surface area contributed by atoms with E-state index < -0.39 is 18.3 Å². The third-order valence-electron chi connectivity index (χ3n) is 1.61. The molecule has 4 heteroatoms. The lowest BCUT2D eigenvalue weighted by Gasteiger charge is -2.09. The van der Waals surface area contributed by atoms with Crippen LogP contribution < -0.4 is 0 Å². The lowest BCUT2D eigenvalue weighted by molar-refractivity contribution is -0.145. The molecule has 0 amide bonds.